The molecule has 0 saturated carbocycles. The molecule has 1 heterocycles. The Bertz CT molecular complexity index is 1220. The molecule has 0 radical (unpaired) electrons. The average molecular weight is 455 g/mol. The molecule has 0 fully saturated rings. The van der Waals surface area contributed by atoms with Crippen molar-refractivity contribution in [1.29, 1.82) is 0 Å². The van der Waals surface area contributed by atoms with Gasteiger partial charge in [0.05, 0.1) is 23.2 Å². The largest absolute Gasteiger partial charge is 0.463 e. The van der Waals surface area contributed by atoms with Crippen molar-refractivity contribution in [2.75, 3.05) is 11.5 Å². The monoisotopic (exact) mass is 454 g/mol. The molecule has 4 rings (SSSR count). The van der Waals surface area contributed by atoms with Crippen molar-refractivity contribution in [3.63, 3.8) is 0 Å². The van der Waals surface area contributed by atoms with Gasteiger partial charge in [-0.25, -0.2) is 9.18 Å². The number of fused-ring (bicyclic) bond motifs is 1. The molecule has 0 amide bonds. The number of hydrogen-bond donors (Lipinski definition) is 1. The third-order valence-electron chi connectivity index (χ3n) is 5.28. The first-order chi connectivity index (χ1) is 14.9. The molecular formula is C24H20ClFN2O2S. The summed E-state index contributed by atoms with van der Waals surface area (Å²) in [5.41, 5.74) is 2.51. The number of nitrogens with one attached hydrogen (secondary N) is 1. The third kappa shape index (κ3) is 3.89. The van der Waals surface area contributed by atoms with Gasteiger partial charge in [0.15, 0.2) is 5.11 Å². The van der Waals surface area contributed by atoms with E-state index in [0.29, 0.717) is 22.1 Å². The zero-order chi connectivity index (χ0) is 22.1. The molecule has 3 aromatic carbocycles. The van der Waals surface area contributed by atoms with E-state index in [2.05, 4.69) is 5.32 Å². The van der Waals surface area contributed by atoms with Gasteiger partial charge in [-0.05, 0) is 60.6 Å². The molecule has 158 valence electrons. The first-order valence-electron chi connectivity index (χ1n) is 9.83. The number of allylic oxidation sites excluding steroid dienone is 1. The fourth-order valence-corrected chi connectivity index (χ4v) is 4.42. The van der Waals surface area contributed by atoms with E-state index in [1.54, 1.807) is 24.8 Å². The highest BCUT2D eigenvalue weighted by Gasteiger charge is 2.36. The lowest BCUT2D eigenvalue weighted by Gasteiger charge is -2.38. The summed E-state index contributed by atoms with van der Waals surface area (Å²) in [6.07, 6.45) is 0. The Labute approximate surface area is 190 Å². The minimum atomic E-state index is -0.526. The second kappa shape index (κ2) is 8.65. The topological polar surface area (TPSA) is 41.6 Å². The molecule has 1 N–H and O–H groups in total. The number of carbonyl (C=O) groups excluding carboxylic acids is 1. The molecule has 1 aliphatic heterocycles. The Morgan fingerprint density at radius 3 is 2.68 bits per heavy atom. The number of carbonyl (C=O) groups is 1. The van der Waals surface area contributed by atoms with Crippen LogP contribution in [-0.2, 0) is 9.53 Å². The summed E-state index contributed by atoms with van der Waals surface area (Å²) in [4.78, 5) is 14.7. The van der Waals surface area contributed by atoms with Crippen LogP contribution in [0.2, 0.25) is 5.02 Å². The Hall–Kier alpha value is -2.96. The molecule has 1 atom stereocenters. The molecule has 0 aliphatic carbocycles. The van der Waals surface area contributed by atoms with E-state index in [0.717, 1.165) is 16.3 Å². The van der Waals surface area contributed by atoms with E-state index in [1.807, 2.05) is 42.5 Å². The van der Waals surface area contributed by atoms with Gasteiger partial charge in [0.1, 0.15) is 5.82 Å². The number of rotatable bonds is 4. The molecule has 7 heteroatoms. The maximum atomic E-state index is 13.7. The summed E-state index contributed by atoms with van der Waals surface area (Å²) in [6.45, 7) is 3.80. The van der Waals surface area contributed by atoms with E-state index >= 15 is 0 Å². The Morgan fingerprint density at radius 1 is 1.19 bits per heavy atom. The first kappa shape index (κ1) is 21.3. The molecule has 31 heavy (non-hydrogen) atoms. The van der Waals surface area contributed by atoms with Gasteiger partial charge in [-0.1, -0.05) is 54.1 Å². The SMILES string of the molecule is CCOC(=O)C1=C(C)N(c2ccc(F)c(Cl)c2)C(=S)NC1c1cccc2ccccc12. The van der Waals surface area contributed by atoms with Gasteiger partial charge in [0.25, 0.3) is 0 Å². The fraction of sp³-hybridized carbons (Fsp3) is 0.167. The molecule has 1 unspecified atom stereocenters. The number of nitrogens with zero attached hydrogens (tertiary/aromatic N) is 1. The van der Waals surface area contributed by atoms with Crippen LogP contribution in [0.1, 0.15) is 25.5 Å². The highest BCUT2D eigenvalue weighted by Crippen LogP contribution is 2.37. The van der Waals surface area contributed by atoms with E-state index in [-0.39, 0.29) is 11.6 Å². The second-order valence-corrected chi connectivity index (χ2v) is 7.90. The summed E-state index contributed by atoms with van der Waals surface area (Å²) in [5, 5.41) is 5.71. The van der Waals surface area contributed by atoms with Crippen LogP contribution in [0, 0.1) is 5.82 Å². The van der Waals surface area contributed by atoms with Crippen LogP contribution in [0.3, 0.4) is 0 Å². The lowest BCUT2D eigenvalue weighted by Crippen LogP contribution is -2.48. The summed E-state index contributed by atoms with van der Waals surface area (Å²) < 4.78 is 19.1. The number of halogens is 2. The van der Waals surface area contributed by atoms with E-state index < -0.39 is 17.8 Å². The molecule has 4 nitrogen and oxygen atoms in total. The zero-order valence-corrected chi connectivity index (χ0v) is 18.6. The number of esters is 1. The molecule has 0 spiro atoms. The maximum Gasteiger partial charge on any atom is 0.338 e. The van der Waals surface area contributed by atoms with Gasteiger partial charge < -0.3 is 10.1 Å². The lowest BCUT2D eigenvalue weighted by molar-refractivity contribution is -0.139. The lowest BCUT2D eigenvalue weighted by atomic mass is 9.91. The smallest absolute Gasteiger partial charge is 0.338 e. The van der Waals surface area contributed by atoms with Gasteiger partial charge in [-0.15, -0.1) is 0 Å². The summed E-state index contributed by atoms with van der Waals surface area (Å²) in [6, 6.07) is 17.7. The van der Waals surface area contributed by atoms with Crippen molar-refractivity contribution in [2.24, 2.45) is 0 Å². The van der Waals surface area contributed by atoms with Crippen molar-refractivity contribution in [3.8, 4) is 0 Å². The third-order valence-corrected chi connectivity index (χ3v) is 5.87. The van der Waals surface area contributed by atoms with Crippen molar-refractivity contribution < 1.29 is 13.9 Å². The van der Waals surface area contributed by atoms with Crippen LogP contribution in [0.5, 0.6) is 0 Å². The zero-order valence-electron chi connectivity index (χ0n) is 17.0. The van der Waals surface area contributed by atoms with Crippen LogP contribution in [-0.4, -0.2) is 17.7 Å². The predicted molar refractivity (Wildman–Crippen MR) is 126 cm³/mol. The number of ether oxygens (including phenoxy) is 1. The van der Waals surface area contributed by atoms with Gasteiger partial charge in [-0.2, -0.15) is 0 Å². The van der Waals surface area contributed by atoms with Crippen molar-refractivity contribution in [1.82, 2.24) is 5.32 Å². The minimum Gasteiger partial charge on any atom is -0.463 e. The maximum absolute atomic E-state index is 13.7. The van der Waals surface area contributed by atoms with Crippen LogP contribution in [0.4, 0.5) is 10.1 Å². The van der Waals surface area contributed by atoms with Gasteiger partial charge in [0, 0.05) is 11.4 Å². The molecular weight excluding hydrogens is 435 g/mol. The highest BCUT2D eigenvalue weighted by molar-refractivity contribution is 7.80. The van der Waals surface area contributed by atoms with Gasteiger partial charge in [-0.3, -0.25) is 4.90 Å². The Kier molecular flexibility index (Phi) is 5.94. The van der Waals surface area contributed by atoms with E-state index in [1.165, 1.54) is 12.1 Å². The molecule has 1 aliphatic rings. The molecule has 0 aromatic heterocycles. The van der Waals surface area contributed by atoms with Crippen LogP contribution in [0.15, 0.2) is 71.9 Å². The Balaban J connectivity index is 1.91. The number of benzene rings is 3. The van der Waals surface area contributed by atoms with Crippen LogP contribution >= 0.6 is 23.8 Å². The van der Waals surface area contributed by atoms with Crippen molar-refractivity contribution >= 4 is 51.4 Å². The quantitative estimate of drug-likeness (QED) is 0.392. The van der Waals surface area contributed by atoms with Crippen molar-refractivity contribution in [2.45, 2.75) is 19.9 Å². The van der Waals surface area contributed by atoms with Crippen LogP contribution < -0.4 is 10.2 Å². The number of hydrogen-bond acceptors (Lipinski definition) is 3. The Morgan fingerprint density at radius 2 is 1.94 bits per heavy atom. The van der Waals surface area contributed by atoms with E-state index in [9.17, 15) is 9.18 Å². The molecule has 0 saturated heterocycles. The number of thiocarbonyl (C=S) groups is 1. The van der Waals surface area contributed by atoms with Gasteiger partial charge >= 0.3 is 5.97 Å². The summed E-state index contributed by atoms with van der Waals surface area (Å²) >= 11 is 11.7. The van der Waals surface area contributed by atoms with Gasteiger partial charge in [0.2, 0.25) is 0 Å². The predicted octanol–water partition coefficient (Wildman–Crippen LogP) is 5.91. The standard InChI is InChI=1S/C24H20ClFN2O2S/c1-3-30-23(29)21-14(2)28(16-11-12-20(26)19(25)13-16)24(31)27-22(21)18-10-6-8-15-7-4-5-9-17(15)18/h4-13,22H,3H2,1-2H3,(H,27,31). The second-order valence-electron chi connectivity index (χ2n) is 7.10. The normalized spacial score (nSPS) is 16.5. The van der Waals surface area contributed by atoms with E-state index in [4.69, 9.17) is 28.6 Å². The summed E-state index contributed by atoms with van der Waals surface area (Å²) in [7, 11) is 0. The molecule has 0 bridgehead atoms. The average Bonchev–Trinajstić information content (AvgIpc) is 2.75. The summed E-state index contributed by atoms with van der Waals surface area (Å²) in [5.74, 6) is -0.965. The minimum absolute atomic E-state index is 0.0260. The fourth-order valence-electron chi connectivity index (χ4n) is 3.89. The van der Waals surface area contributed by atoms with Crippen molar-refractivity contribution in [3.05, 3.63) is 88.3 Å². The number of anilines is 1. The van der Waals surface area contributed by atoms with Crippen LogP contribution in [0.25, 0.3) is 10.8 Å². The molecule has 3 aromatic rings. The first-order valence-corrected chi connectivity index (χ1v) is 10.6. The highest BCUT2D eigenvalue weighted by atomic mass is 35.5.